The van der Waals surface area contributed by atoms with Crippen molar-refractivity contribution in [2.45, 2.75) is 32.6 Å². The highest BCUT2D eigenvalue weighted by Gasteiger charge is 2.28. The van der Waals surface area contributed by atoms with Gasteiger partial charge in [0.15, 0.2) is 5.69 Å². The summed E-state index contributed by atoms with van der Waals surface area (Å²) in [6.45, 7) is 4.85. The second kappa shape index (κ2) is 8.14. The van der Waals surface area contributed by atoms with Gasteiger partial charge in [0.1, 0.15) is 17.3 Å². The van der Waals surface area contributed by atoms with Crippen LogP contribution in [0.1, 0.15) is 56.8 Å². The molecule has 1 saturated heterocycles. The van der Waals surface area contributed by atoms with Crippen molar-refractivity contribution < 1.29 is 18.4 Å². The molecule has 4 rings (SSSR count). The first-order valence-electron chi connectivity index (χ1n) is 9.90. The van der Waals surface area contributed by atoms with Gasteiger partial charge in [0.25, 0.3) is 11.8 Å². The molecular formula is C22H23FN4O3. The third-order valence-corrected chi connectivity index (χ3v) is 5.45. The van der Waals surface area contributed by atoms with Crippen LogP contribution in [-0.4, -0.2) is 40.0 Å². The number of nitrogens with zero attached hydrogens (tertiary/aromatic N) is 2. The molecule has 0 aliphatic carbocycles. The molecule has 3 aromatic rings. The van der Waals surface area contributed by atoms with Crippen molar-refractivity contribution in [3.8, 4) is 0 Å². The van der Waals surface area contributed by atoms with Crippen molar-refractivity contribution >= 4 is 17.5 Å². The summed E-state index contributed by atoms with van der Waals surface area (Å²) in [5.41, 5.74) is 1.77. The molecule has 0 atom stereocenters. The minimum atomic E-state index is -0.498. The molecule has 0 radical (unpaired) electrons. The van der Waals surface area contributed by atoms with E-state index in [9.17, 15) is 14.0 Å². The van der Waals surface area contributed by atoms with Crippen LogP contribution < -0.4 is 5.32 Å². The highest BCUT2D eigenvalue weighted by atomic mass is 19.1. The molecule has 7 nitrogen and oxygen atoms in total. The molecule has 1 aliphatic heterocycles. The molecule has 3 heterocycles. The maximum atomic E-state index is 13.7. The van der Waals surface area contributed by atoms with Gasteiger partial charge in [0.2, 0.25) is 0 Å². The number of carbonyl (C=O) groups excluding carboxylic acids is 2. The van der Waals surface area contributed by atoms with E-state index in [0.717, 1.165) is 24.3 Å². The minimum Gasteiger partial charge on any atom is -0.466 e. The number of anilines is 1. The summed E-state index contributed by atoms with van der Waals surface area (Å²) in [6, 6.07) is 9.46. The zero-order valence-corrected chi connectivity index (χ0v) is 16.9. The zero-order valence-electron chi connectivity index (χ0n) is 16.9. The average Bonchev–Trinajstić information content (AvgIpc) is 3.36. The minimum absolute atomic E-state index is 0.0163. The van der Waals surface area contributed by atoms with Gasteiger partial charge in [-0.15, -0.1) is 0 Å². The molecule has 0 unspecified atom stereocenters. The number of piperidine rings is 1. The molecule has 1 aliphatic rings. The summed E-state index contributed by atoms with van der Waals surface area (Å²) >= 11 is 0. The normalized spacial score (nSPS) is 14.7. The highest BCUT2D eigenvalue weighted by Crippen LogP contribution is 2.29. The Morgan fingerprint density at radius 1 is 1.20 bits per heavy atom. The highest BCUT2D eigenvalue weighted by molar-refractivity contribution is 6.03. The van der Waals surface area contributed by atoms with Crippen molar-refractivity contribution in [3.05, 3.63) is 70.7 Å². The summed E-state index contributed by atoms with van der Waals surface area (Å²) in [5, 5.41) is 9.53. The number of hydrogen-bond donors (Lipinski definition) is 2. The Hall–Kier alpha value is -3.42. The third-order valence-electron chi connectivity index (χ3n) is 5.45. The van der Waals surface area contributed by atoms with Gasteiger partial charge in [0, 0.05) is 24.7 Å². The number of halogens is 1. The molecule has 2 N–H and O–H groups in total. The fourth-order valence-electron chi connectivity index (χ4n) is 3.82. The van der Waals surface area contributed by atoms with Crippen LogP contribution >= 0.6 is 0 Å². The first-order valence-corrected chi connectivity index (χ1v) is 9.90. The van der Waals surface area contributed by atoms with Gasteiger partial charge in [-0.3, -0.25) is 14.7 Å². The van der Waals surface area contributed by atoms with E-state index in [0.29, 0.717) is 24.4 Å². The van der Waals surface area contributed by atoms with Gasteiger partial charge in [-0.1, -0.05) is 12.1 Å². The Kier molecular flexibility index (Phi) is 5.39. The van der Waals surface area contributed by atoms with Crippen LogP contribution in [0.2, 0.25) is 0 Å². The fourth-order valence-corrected chi connectivity index (χ4v) is 3.82. The van der Waals surface area contributed by atoms with Crippen molar-refractivity contribution in [2.24, 2.45) is 0 Å². The van der Waals surface area contributed by atoms with Crippen LogP contribution in [0.5, 0.6) is 0 Å². The van der Waals surface area contributed by atoms with Crippen molar-refractivity contribution in [3.63, 3.8) is 0 Å². The Balaban J connectivity index is 1.37. The molecular weight excluding hydrogens is 387 g/mol. The number of hydrogen-bond acceptors (Lipinski definition) is 4. The number of likely N-dealkylation sites (tertiary alicyclic amines) is 1. The standard InChI is InChI=1S/C22H23FN4O3/c1-13-11-16(14(2)30-13)22(29)27-9-7-15(8-10-27)19-12-20(26-25-19)21(28)24-18-6-4-3-5-17(18)23/h3-6,11-12,15H,7-10H2,1-2H3,(H,24,28)(H,25,26). The first kappa shape index (κ1) is 19.9. The van der Waals surface area contributed by atoms with E-state index in [-0.39, 0.29) is 23.2 Å². The fraction of sp³-hybridized carbons (Fsp3) is 0.318. The van der Waals surface area contributed by atoms with Crippen molar-refractivity contribution in [1.82, 2.24) is 15.1 Å². The Bertz CT molecular complexity index is 1080. The number of furan rings is 1. The quantitative estimate of drug-likeness (QED) is 0.679. The van der Waals surface area contributed by atoms with Gasteiger partial charge in [-0.2, -0.15) is 5.10 Å². The molecule has 2 aromatic heterocycles. The van der Waals surface area contributed by atoms with Crippen LogP contribution in [0.15, 0.2) is 40.8 Å². The number of aromatic nitrogens is 2. The van der Waals surface area contributed by atoms with E-state index in [4.69, 9.17) is 4.42 Å². The maximum Gasteiger partial charge on any atom is 0.276 e. The predicted octanol–water partition coefficient (Wildman–Crippen LogP) is 4.03. The van der Waals surface area contributed by atoms with Gasteiger partial charge < -0.3 is 14.6 Å². The van der Waals surface area contributed by atoms with Crippen LogP contribution in [0.4, 0.5) is 10.1 Å². The molecule has 1 fully saturated rings. The number of amides is 2. The van der Waals surface area contributed by atoms with Crippen LogP contribution in [0.3, 0.4) is 0 Å². The number of H-pyrrole nitrogens is 1. The lowest BCUT2D eigenvalue weighted by atomic mass is 9.93. The predicted molar refractivity (Wildman–Crippen MR) is 109 cm³/mol. The topological polar surface area (TPSA) is 91.2 Å². The van der Waals surface area contributed by atoms with Gasteiger partial charge in [-0.25, -0.2) is 4.39 Å². The zero-order chi connectivity index (χ0) is 21.3. The van der Waals surface area contributed by atoms with E-state index in [1.165, 1.54) is 12.1 Å². The summed E-state index contributed by atoms with van der Waals surface area (Å²) in [6.07, 6.45) is 1.52. The van der Waals surface area contributed by atoms with E-state index in [1.807, 2.05) is 11.8 Å². The number of rotatable bonds is 4. The molecule has 8 heteroatoms. The Labute approximate surface area is 173 Å². The molecule has 0 bridgehead atoms. The van der Waals surface area contributed by atoms with Gasteiger partial charge in [-0.05, 0) is 51.0 Å². The number of aromatic amines is 1. The molecule has 2 amide bonds. The Morgan fingerprint density at radius 2 is 1.93 bits per heavy atom. The smallest absolute Gasteiger partial charge is 0.276 e. The van der Waals surface area contributed by atoms with Crippen molar-refractivity contribution in [2.75, 3.05) is 18.4 Å². The number of carbonyl (C=O) groups is 2. The van der Waals surface area contributed by atoms with Crippen LogP contribution in [0, 0.1) is 19.7 Å². The molecule has 0 spiro atoms. The molecule has 30 heavy (non-hydrogen) atoms. The Morgan fingerprint density at radius 3 is 2.60 bits per heavy atom. The lowest BCUT2D eigenvalue weighted by molar-refractivity contribution is 0.0710. The first-order chi connectivity index (χ1) is 14.4. The summed E-state index contributed by atoms with van der Waals surface area (Å²) in [5.74, 6) is 0.548. The number of para-hydroxylation sites is 1. The van der Waals surface area contributed by atoms with Gasteiger partial charge >= 0.3 is 0 Å². The molecule has 1 aromatic carbocycles. The lowest BCUT2D eigenvalue weighted by Gasteiger charge is -2.31. The van der Waals surface area contributed by atoms with Crippen LogP contribution in [0.25, 0.3) is 0 Å². The summed E-state index contributed by atoms with van der Waals surface area (Å²) < 4.78 is 19.2. The van der Waals surface area contributed by atoms with E-state index >= 15 is 0 Å². The number of benzene rings is 1. The monoisotopic (exact) mass is 410 g/mol. The molecule has 0 saturated carbocycles. The second-order valence-electron chi connectivity index (χ2n) is 7.54. The SMILES string of the molecule is Cc1cc(C(=O)N2CCC(c3cc(C(=O)Nc4ccccc4F)n[nH]3)CC2)c(C)o1. The van der Waals surface area contributed by atoms with E-state index in [2.05, 4.69) is 15.5 Å². The average molecular weight is 410 g/mol. The molecule has 156 valence electrons. The van der Waals surface area contributed by atoms with Crippen LogP contribution in [-0.2, 0) is 0 Å². The summed E-state index contributed by atoms with van der Waals surface area (Å²) in [7, 11) is 0. The lowest BCUT2D eigenvalue weighted by Crippen LogP contribution is -2.38. The largest absolute Gasteiger partial charge is 0.466 e. The maximum absolute atomic E-state index is 13.7. The van der Waals surface area contributed by atoms with Gasteiger partial charge in [0.05, 0.1) is 11.3 Å². The number of aryl methyl sites for hydroxylation is 2. The third kappa shape index (κ3) is 3.98. The van der Waals surface area contributed by atoms with E-state index < -0.39 is 11.7 Å². The second-order valence-corrected chi connectivity index (χ2v) is 7.54. The summed E-state index contributed by atoms with van der Waals surface area (Å²) in [4.78, 5) is 26.9. The number of nitrogens with one attached hydrogen (secondary N) is 2. The van der Waals surface area contributed by atoms with E-state index in [1.54, 1.807) is 31.2 Å². The van der Waals surface area contributed by atoms with Crippen molar-refractivity contribution in [1.29, 1.82) is 0 Å².